The van der Waals surface area contributed by atoms with Gasteiger partial charge in [0.1, 0.15) is 24.1 Å². The van der Waals surface area contributed by atoms with Gasteiger partial charge in [0.05, 0.1) is 30.8 Å². The van der Waals surface area contributed by atoms with Crippen LogP contribution in [0.2, 0.25) is 0 Å². The van der Waals surface area contributed by atoms with E-state index >= 15 is 0 Å². The molecule has 286 valence electrons. The summed E-state index contributed by atoms with van der Waals surface area (Å²) in [6.07, 6.45) is 6.93. The monoisotopic (exact) mass is 706 g/mol. The average Bonchev–Trinajstić information content (AvgIpc) is 3.05. The summed E-state index contributed by atoms with van der Waals surface area (Å²) < 4.78 is 24.7. The van der Waals surface area contributed by atoms with Crippen LogP contribution < -0.4 is 0 Å². The van der Waals surface area contributed by atoms with E-state index in [1.165, 1.54) is 0 Å². The molecule has 3 aliphatic rings. The number of Topliss-reactive ketones (excluding diaryl/α,β-unsaturated/α-hetero) is 1. The highest BCUT2D eigenvalue weighted by Gasteiger charge is 2.40. The van der Waals surface area contributed by atoms with Gasteiger partial charge >= 0.3 is 5.97 Å². The lowest BCUT2D eigenvalue weighted by Crippen LogP contribution is -2.48. The van der Waals surface area contributed by atoms with Crippen molar-refractivity contribution in [3.63, 3.8) is 0 Å². The van der Waals surface area contributed by atoms with Crippen LogP contribution in [0.15, 0.2) is 35.5 Å². The van der Waals surface area contributed by atoms with Crippen LogP contribution in [0.5, 0.6) is 0 Å². The number of rotatable bonds is 9. The number of esters is 1. The Balaban J connectivity index is 1.88. The molecule has 3 heterocycles. The van der Waals surface area contributed by atoms with E-state index in [4.69, 9.17) is 18.9 Å². The Hall–Kier alpha value is -1.92. The molecule has 10 heteroatoms. The Morgan fingerprint density at radius 2 is 1.74 bits per heavy atom. The highest BCUT2D eigenvalue weighted by atomic mass is 16.7. The number of carbonyl (C=O) groups is 2. The Labute approximate surface area is 300 Å². The summed E-state index contributed by atoms with van der Waals surface area (Å²) in [5, 5.41) is 43.0. The lowest BCUT2D eigenvalue weighted by molar-refractivity contribution is -0.254. The zero-order chi connectivity index (χ0) is 37.3. The Bertz CT molecular complexity index is 1180. The molecule has 1 fully saturated rings. The fourth-order valence-corrected chi connectivity index (χ4v) is 7.82. The number of aliphatic hydroxyl groups excluding tert-OH is 3. The minimum absolute atomic E-state index is 0.0163. The zero-order valence-corrected chi connectivity index (χ0v) is 31.9. The van der Waals surface area contributed by atoms with Crippen molar-refractivity contribution < 1.29 is 49.0 Å². The van der Waals surface area contributed by atoms with Gasteiger partial charge in [0, 0.05) is 25.2 Å². The van der Waals surface area contributed by atoms with Gasteiger partial charge in [-0.2, -0.15) is 0 Å². The van der Waals surface area contributed by atoms with Crippen molar-refractivity contribution in [3.05, 3.63) is 35.5 Å². The van der Waals surface area contributed by atoms with Crippen molar-refractivity contribution in [1.82, 2.24) is 0 Å². The lowest BCUT2D eigenvalue weighted by Gasteiger charge is -2.38. The summed E-state index contributed by atoms with van der Waals surface area (Å²) in [5.41, 5.74) is 1.91. The van der Waals surface area contributed by atoms with Crippen LogP contribution in [0.4, 0.5) is 0 Å². The largest absolute Gasteiger partial charge is 0.462 e. The van der Waals surface area contributed by atoms with E-state index in [1.807, 2.05) is 33.8 Å². The number of ether oxygens (including phenoxy) is 4. The summed E-state index contributed by atoms with van der Waals surface area (Å²) in [5.74, 6) is -3.05. The quantitative estimate of drug-likeness (QED) is 0.167. The molecule has 3 aliphatic heterocycles. The summed E-state index contributed by atoms with van der Waals surface area (Å²) in [6, 6.07) is 0. The molecule has 0 aliphatic carbocycles. The number of hydrogen-bond acceptors (Lipinski definition) is 10. The second-order valence-electron chi connectivity index (χ2n) is 15.7. The van der Waals surface area contributed by atoms with Crippen LogP contribution in [-0.2, 0) is 28.5 Å². The highest BCUT2D eigenvalue weighted by molar-refractivity contribution is 5.80. The number of cyclic esters (lactones) is 1. The molecular formula is C40H66O10. The SMILES string of the molecule is CCC(=O)C(C)C(O)C(C)CC(C)C1OC(=O)CC2(O)CC=C(C)C(O2)/C(C)=C\CCCC(OC2CC(O)C(O)C(C)O2)/C=C\C(C)CC1C. The van der Waals surface area contributed by atoms with Crippen molar-refractivity contribution in [2.75, 3.05) is 0 Å². The van der Waals surface area contributed by atoms with E-state index in [2.05, 4.69) is 32.1 Å². The van der Waals surface area contributed by atoms with Crippen LogP contribution in [-0.4, -0.2) is 87.0 Å². The van der Waals surface area contributed by atoms with Gasteiger partial charge in [0.25, 0.3) is 0 Å². The average molecular weight is 707 g/mol. The molecule has 0 aromatic carbocycles. The molecule has 0 aromatic rings. The third-order valence-electron chi connectivity index (χ3n) is 11.0. The van der Waals surface area contributed by atoms with E-state index in [0.717, 1.165) is 24.0 Å². The van der Waals surface area contributed by atoms with Gasteiger partial charge in [-0.05, 0) is 87.7 Å². The van der Waals surface area contributed by atoms with Gasteiger partial charge in [0.2, 0.25) is 0 Å². The van der Waals surface area contributed by atoms with E-state index in [9.17, 15) is 30.0 Å². The standard InChI is InChI=1S/C40H66O10/c1-10-32(41)29(8)36(44)26(5)20-28(7)38-27(6)19-23(2)15-16-31(48-35-21-33(42)37(45)30(9)47-35)14-12-11-13-24(3)39-25(4)17-18-40(46,50-39)22-34(43)49-38/h13,15-17,23,26-31,33,35-39,42,44-46H,10-12,14,18-22H2,1-9H3/b16-15-,24-13-. The first-order chi connectivity index (χ1) is 23.4. The van der Waals surface area contributed by atoms with Crippen LogP contribution >= 0.6 is 0 Å². The van der Waals surface area contributed by atoms with Gasteiger partial charge in [0.15, 0.2) is 12.1 Å². The fourth-order valence-electron chi connectivity index (χ4n) is 7.82. The number of allylic oxidation sites excluding steroid dienone is 2. The molecule has 14 unspecified atom stereocenters. The van der Waals surface area contributed by atoms with Crippen LogP contribution in [0, 0.1) is 29.6 Å². The maximum Gasteiger partial charge on any atom is 0.311 e. The minimum Gasteiger partial charge on any atom is -0.462 e. The fraction of sp³-hybridized carbons (Fsp3) is 0.800. The molecule has 4 N–H and O–H groups in total. The van der Waals surface area contributed by atoms with E-state index in [0.29, 0.717) is 25.7 Å². The molecule has 10 nitrogen and oxygen atoms in total. The van der Waals surface area contributed by atoms with Crippen LogP contribution in [0.25, 0.3) is 0 Å². The predicted molar refractivity (Wildman–Crippen MR) is 192 cm³/mol. The maximum atomic E-state index is 13.6. The molecular weight excluding hydrogens is 640 g/mol. The van der Waals surface area contributed by atoms with E-state index in [-0.39, 0.29) is 54.8 Å². The van der Waals surface area contributed by atoms with Crippen molar-refractivity contribution in [2.45, 2.75) is 175 Å². The van der Waals surface area contributed by atoms with Gasteiger partial charge in [-0.1, -0.05) is 65.8 Å². The first-order valence-electron chi connectivity index (χ1n) is 18.9. The van der Waals surface area contributed by atoms with Gasteiger partial charge in [-0.3, -0.25) is 9.59 Å². The Morgan fingerprint density at radius 3 is 2.40 bits per heavy atom. The normalized spacial score (nSPS) is 39.3. The number of hydrogen-bond donors (Lipinski definition) is 4. The van der Waals surface area contributed by atoms with Crippen molar-refractivity contribution >= 4 is 11.8 Å². The Morgan fingerprint density at radius 1 is 1.06 bits per heavy atom. The maximum absolute atomic E-state index is 13.6. The van der Waals surface area contributed by atoms with Crippen molar-refractivity contribution in [1.29, 1.82) is 0 Å². The molecule has 50 heavy (non-hydrogen) atoms. The first kappa shape index (κ1) is 42.5. The molecule has 1 saturated heterocycles. The number of carbonyl (C=O) groups excluding carboxylic acids is 2. The first-order valence-corrected chi connectivity index (χ1v) is 18.9. The number of ketones is 1. The smallest absolute Gasteiger partial charge is 0.311 e. The second kappa shape index (κ2) is 19.2. The summed E-state index contributed by atoms with van der Waals surface area (Å²) in [7, 11) is 0. The molecule has 0 radical (unpaired) electrons. The second-order valence-corrected chi connectivity index (χ2v) is 15.7. The molecule has 3 rings (SSSR count). The van der Waals surface area contributed by atoms with Gasteiger partial charge in [-0.25, -0.2) is 0 Å². The van der Waals surface area contributed by atoms with E-state index in [1.54, 1.807) is 20.8 Å². The summed E-state index contributed by atoms with van der Waals surface area (Å²) >= 11 is 0. The number of aliphatic hydroxyl groups is 4. The van der Waals surface area contributed by atoms with Gasteiger partial charge < -0.3 is 39.4 Å². The molecule has 0 saturated carbocycles. The molecule has 2 bridgehead atoms. The highest BCUT2D eigenvalue weighted by Crippen LogP contribution is 2.35. The van der Waals surface area contributed by atoms with E-state index < -0.39 is 60.6 Å². The minimum atomic E-state index is -1.71. The van der Waals surface area contributed by atoms with Crippen LogP contribution in [0.1, 0.15) is 120 Å². The van der Waals surface area contributed by atoms with Crippen molar-refractivity contribution in [3.8, 4) is 0 Å². The number of fused-ring (bicyclic) bond motifs is 2. The summed E-state index contributed by atoms with van der Waals surface area (Å²) in [4.78, 5) is 25.9. The van der Waals surface area contributed by atoms with Crippen molar-refractivity contribution in [2.24, 2.45) is 29.6 Å². The topological polar surface area (TPSA) is 152 Å². The molecule has 0 aromatic heterocycles. The summed E-state index contributed by atoms with van der Waals surface area (Å²) in [6.45, 7) is 17.3. The third kappa shape index (κ3) is 12.1. The molecule has 0 spiro atoms. The zero-order valence-electron chi connectivity index (χ0n) is 31.9. The lowest BCUT2D eigenvalue weighted by atomic mass is 9.79. The van der Waals surface area contributed by atoms with Crippen LogP contribution in [0.3, 0.4) is 0 Å². The predicted octanol–water partition coefficient (Wildman–Crippen LogP) is 5.94. The Kier molecular flexibility index (Phi) is 16.4. The molecule has 14 atom stereocenters. The molecule has 0 amide bonds. The third-order valence-corrected chi connectivity index (χ3v) is 11.0. The van der Waals surface area contributed by atoms with Gasteiger partial charge in [-0.15, -0.1) is 0 Å².